The number of rotatable bonds is 2. The second-order valence-electron chi connectivity index (χ2n) is 6.34. The van der Waals surface area contributed by atoms with Gasteiger partial charge in [-0.25, -0.2) is 4.79 Å². The fourth-order valence-electron chi connectivity index (χ4n) is 2.25. The number of hydrogen-bond donors (Lipinski definition) is 1. The van der Waals surface area contributed by atoms with E-state index in [0.717, 1.165) is 17.9 Å². The molecule has 1 N–H and O–H groups in total. The zero-order chi connectivity index (χ0) is 15.5. The highest BCUT2D eigenvalue weighted by Gasteiger charge is 2.27. The van der Waals surface area contributed by atoms with Gasteiger partial charge < -0.3 is 19.4 Å². The van der Waals surface area contributed by atoms with E-state index in [1.807, 2.05) is 45.9 Å². The number of furan rings is 1. The molecule has 21 heavy (non-hydrogen) atoms. The van der Waals surface area contributed by atoms with Crippen LogP contribution in [0.5, 0.6) is 0 Å². The third kappa shape index (κ3) is 4.63. The molecule has 1 atom stereocenters. The summed E-state index contributed by atoms with van der Waals surface area (Å²) in [5, 5.41) is 3.42. The average Bonchev–Trinajstić information content (AvgIpc) is 2.90. The minimum atomic E-state index is -0.462. The van der Waals surface area contributed by atoms with Crippen LogP contribution in [0.25, 0.3) is 6.08 Å². The number of nitrogens with zero attached hydrogens (tertiary/aromatic N) is 1. The zero-order valence-corrected chi connectivity index (χ0v) is 13.2. The first kappa shape index (κ1) is 15.6. The van der Waals surface area contributed by atoms with Crippen molar-refractivity contribution in [1.82, 2.24) is 10.2 Å². The molecule has 5 heteroatoms. The highest BCUT2D eigenvalue weighted by molar-refractivity contribution is 5.68. The standard InChI is InChI=1S/C16H24N2O3/c1-12(10-13-6-5-9-20-13)14-11-18(8-7-17-14)15(19)21-16(2,3)4/h5-6,9-10,14,17H,7-8,11H2,1-4H3/b12-10-. The first-order valence-corrected chi connectivity index (χ1v) is 7.28. The van der Waals surface area contributed by atoms with Gasteiger partial charge in [-0.2, -0.15) is 0 Å². The second-order valence-corrected chi connectivity index (χ2v) is 6.34. The number of nitrogens with one attached hydrogen (secondary N) is 1. The van der Waals surface area contributed by atoms with Crippen LogP contribution in [-0.2, 0) is 4.74 Å². The molecule has 0 bridgehead atoms. The lowest BCUT2D eigenvalue weighted by Gasteiger charge is -2.35. The van der Waals surface area contributed by atoms with E-state index in [1.54, 1.807) is 11.2 Å². The van der Waals surface area contributed by atoms with Crippen LogP contribution in [0.2, 0.25) is 0 Å². The Hall–Kier alpha value is -1.75. The minimum absolute atomic E-state index is 0.122. The van der Waals surface area contributed by atoms with Crippen molar-refractivity contribution in [2.45, 2.75) is 39.3 Å². The van der Waals surface area contributed by atoms with Gasteiger partial charge >= 0.3 is 6.09 Å². The average molecular weight is 292 g/mol. The third-order valence-electron chi connectivity index (χ3n) is 3.29. The normalized spacial score (nSPS) is 20.5. The van der Waals surface area contributed by atoms with Crippen molar-refractivity contribution in [3.05, 3.63) is 29.7 Å². The topological polar surface area (TPSA) is 54.7 Å². The molecule has 1 unspecified atom stereocenters. The molecular formula is C16H24N2O3. The maximum atomic E-state index is 12.1. The lowest BCUT2D eigenvalue weighted by molar-refractivity contribution is 0.0207. The summed E-state index contributed by atoms with van der Waals surface area (Å²) >= 11 is 0. The van der Waals surface area contributed by atoms with E-state index in [2.05, 4.69) is 5.32 Å². The van der Waals surface area contributed by atoms with Gasteiger partial charge in [0.05, 0.1) is 6.26 Å². The van der Waals surface area contributed by atoms with Crippen LogP contribution in [0, 0.1) is 0 Å². The van der Waals surface area contributed by atoms with Gasteiger partial charge in [-0.05, 0) is 45.9 Å². The molecule has 5 nitrogen and oxygen atoms in total. The lowest BCUT2D eigenvalue weighted by Crippen LogP contribution is -2.53. The van der Waals surface area contributed by atoms with Crippen molar-refractivity contribution in [2.24, 2.45) is 0 Å². The van der Waals surface area contributed by atoms with Gasteiger partial charge in [-0.1, -0.05) is 5.57 Å². The predicted octanol–water partition coefficient (Wildman–Crippen LogP) is 2.89. The summed E-state index contributed by atoms with van der Waals surface area (Å²) in [4.78, 5) is 13.9. The van der Waals surface area contributed by atoms with Gasteiger partial charge in [0.1, 0.15) is 11.4 Å². The van der Waals surface area contributed by atoms with Crippen LogP contribution in [0.4, 0.5) is 4.79 Å². The van der Waals surface area contributed by atoms with Crippen molar-refractivity contribution in [3.8, 4) is 0 Å². The van der Waals surface area contributed by atoms with Gasteiger partial charge in [-0.3, -0.25) is 0 Å². The number of amides is 1. The molecule has 0 spiro atoms. The molecule has 0 aliphatic carbocycles. The molecule has 0 aromatic carbocycles. The maximum absolute atomic E-state index is 12.1. The van der Waals surface area contributed by atoms with Crippen LogP contribution in [0.3, 0.4) is 0 Å². The largest absolute Gasteiger partial charge is 0.465 e. The van der Waals surface area contributed by atoms with Crippen LogP contribution < -0.4 is 5.32 Å². The summed E-state index contributed by atoms with van der Waals surface area (Å²) in [5.74, 6) is 0.823. The van der Waals surface area contributed by atoms with Gasteiger partial charge in [0.25, 0.3) is 0 Å². The summed E-state index contributed by atoms with van der Waals surface area (Å²) in [7, 11) is 0. The molecule has 1 amide bonds. The Labute approximate surface area is 125 Å². The highest BCUT2D eigenvalue weighted by Crippen LogP contribution is 2.16. The molecule has 2 heterocycles. The highest BCUT2D eigenvalue weighted by atomic mass is 16.6. The fraction of sp³-hybridized carbons (Fsp3) is 0.562. The van der Waals surface area contributed by atoms with Crippen molar-refractivity contribution in [2.75, 3.05) is 19.6 Å². The Kier molecular flexibility index (Phi) is 4.73. The van der Waals surface area contributed by atoms with E-state index in [9.17, 15) is 4.79 Å². The monoisotopic (exact) mass is 292 g/mol. The van der Waals surface area contributed by atoms with Gasteiger partial charge in [0.15, 0.2) is 0 Å². The summed E-state index contributed by atoms with van der Waals surface area (Å²) in [5.41, 5.74) is 0.675. The third-order valence-corrected chi connectivity index (χ3v) is 3.29. The molecular weight excluding hydrogens is 268 g/mol. The first-order valence-electron chi connectivity index (χ1n) is 7.28. The van der Waals surface area contributed by atoms with E-state index in [1.165, 1.54) is 0 Å². The van der Waals surface area contributed by atoms with Crippen molar-refractivity contribution >= 4 is 12.2 Å². The molecule has 0 saturated carbocycles. The van der Waals surface area contributed by atoms with E-state index < -0.39 is 5.60 Å². The first-order chi connectivity index (χ1) is 9.85. The van der Waals surface area contributed by atoms with Crippen LogP contribution in [0.15, 0.2) is 28.4 Å². The maximum Gasteiger partial charge on any atom is 0.410 e. The van der Waals surface area contributed by atoms with E-state index >= 15 is 0 Å². The van der Waals surface area contributed by atoms with E-state index in [0.29, 0.717) is 13.1 Å². The zero-order valence-electron chi connectivity index (χ0n) is 13.2. The van der Waals surface area contributed by atoms with Gasteiger partial charge in [-0.15, -0.1) is 0 Å². The van der Waals surface area contributed by atoms with Crippen molar-refractivity contribution in [1.29, 1.82) is 0 Å². The molecule has 1 fully saturated rings. The Bertz CT molecular complexity index is 500. The summed E-state index contributed by atoms with van der Waals surface area (Å²) in [6, 6.07) is 3.90. The van der Waals surface area contributed by atoms with Crippen LogP contribution >= 0.6 is 0 Å². The number of piperazine rings is 1. The van der Waals surface area contributed by atoms with E-state index in [-0.39, 0.29) is 12.1 Å². The Balaban J connectivity index is 1.99. The molecule has 1 aliphatic rings. The SMILES string of the molecule is C/C(=C/c1ccco1)C1CN(C(=O)OC(C)(C)C)CCN1. The smallest absolute Gasteiger partial charge is 0.410 e. The molecule has 1 aliphatic heterocycles. The lowest BCUT2D eigenvalue weighted by atomic mass is 10.1. The molecule has 2 rings (SSSR count). The van der Waals surface area contributed by atoms with Crippen LogP contribution in [-0.4, -0.2) is 42.3 Å². The van der Waals surface area contributed by atoms with Gasteiger partial charge in [0.2, 0.25) is 0 Å². The van der Waals surface area contributed by atoms with Gasteiger partial charge in [0, 0.05) is 25.7 Å². The Morgan fingerprint density at radius 2 is 2.29 bits per heavy atom. The number of ether oxygens (including phenoxy) is 1. The number of carbonyl (C=O) groups excluding carboxylic acids is 1. The summed E-state index contributed by atoms with van der Waals surface area (Å²) < 4.78 is 10.8. The molecule has 0 radical (unpaired) electrons. The minimum Gasteiger partial charge on any atom is -0.465 e. The molecule has 1 aromatic rings. The Morgan fingerprint density at radius 1 is 1.52 bits per heavy atom. The number of hydrogen-bond acceptors (Lipinski definition) is 4. The van der Waals surface area contributed by atoms with Crippen molar-refractivity contribution in [3.63, 3.8) is 0 Å². The van der Waals surface area contributed by atoms with E-state index in [4.69, 9.17) is 9.15 Å². The van der Waals surface area contributed by atoms with Crippen molar-refractivity contribution < 1.29 is 13.9 Å². The number of carbonyl (C=O) groups is 1. The second kappa shape index (κ2) is 6.35. The fourth-order valence-corrected chi connectivity index (χ4v) is 2.25. The summed E-state index contributed by atoms with van der Waals surface area (Å²) in [6.45, 7) is 9.72. The molecule has 1 aromatic heterocycles. The van der Waals surface area contributed by atoms with Crippen LogP contribution in [0.1, 0.15) is 33.5 Å². The summed E-state index contributed by atoms with van der Waals surface area (Å²) in [6.07, 6.45) is 3.40. The molecule has 1 saturated heterocycles. The predicted molar refractivity (Wildman–Crippen MR) is 82.0 cm³/mol. The quantitative estimate of drug-likeness (QED) is 0.910. The Morgan fingerprint density at radius 3 is 2.90 bits per heavy atom. The molecule has 116 valence electrons.